The van der Waals surface area contributed by atoms with Gasteiger partial charge in [0.15, 0.2) is 5.65 Å². The Morgan fingerprint density at radius 2 is 2.03 bits per heavy atom. The van der Waals surface area contributed by atoms with E-state index in [9.17, 15) is 23.0 Å². The molecule has 0 aliphatic heterocycles. The van der Waals surface area contributed by atoms with Crippen molar-refractivity contribution in [3.8, 4) is 17.3 Å². The van der Waals surface area contributed by atoms with Crippen molar-refractivity contribution in [2.24, 2.45) is 0 Å². The molecule has 0 atom stereocenters. The number of fused-ring (bicyclic) bond motifs is 1. The predicted molar refractivity (Wildman–Crippen MR) is 111 cm³/mol. The fourth-order valence-corrected chi connectivity index (χ4v) is 4.00. The van der Waals surface area contributed by atoms with Crippen molar-refractivity contribution in [3.63, 3.8) is 0 Å². The van der Waals surface area contributed by atoms with E-state index in [0.717, 1.165) is 11.8 Å². The highest BCUT2D eigenvalue weighted by Crippen LogP contribution is 2.28. The summed E-state index contributed by atoms with van der Waals surface area (Å²) in [6.45, 7) is 1.66. The Labute approximate surface area is 177 Å². The summed E-state index contributed by atoms with van der Waals surface area (Å²) in [5.41, 5.74) is 0.526. The molecule has 2 N–H and O–H groups in total. The van der Waals surface area contributed by atoms with E-state index in [0.29, 0.717) is 35.5 Å². The maximum absolute atomic E-state index is 13.3. The third-order valence-electron chi connectivity index (χ3n) is 4.15. The highest BCUT2D eigenvalue weighted by Gasteiger charge is 2.16. The van der Waals surface area contributed by atoms with Crippen LogP contribution in [0.4, 0.5) is 4.39 Å². The highest BCUT2D eigenvalue weighted by atomic mass is 32.2. The van der Waals surface area contributed by atoms with Crippen molar-refractivity contribution in [1.82, 2.24) is 19.7 Å². The minimum atomic E-state index is -3.42. The van der Waals surface area contributed by atoms with Gasteiger partial charge in [0, 0.05) is 18.2 Å². The number of hydrogen-bond acceptors (Lipinski definition) is 9. The molecule has 0 radical (unpaired) electrons. The van der Waals surface area contributed by atoms with Crippen LogP contribution in [0.3, 0.4) is 0 Å². The number of phenolic OH excluding ortho intramolecular Hbond substituents is 1. The molecule has 0 aliphatic carbocycles. The van der Waals surface area contributed by atoms with Crippen molar-refractivity contribution in [2.75, 3.05) is 23.9 Å². The minimum absolute atomic E-state index is 0.0484. The van der Waals surface area contributed by atoms with Gasteiger partial charge in [-0.05, 0) is 31.2 Å². The SMILES string of the molecule is CCS(=O)(=O)OCCSCCCc1nc(O)c2cnn(-c3ccc(F)cc3O)c2n1. The topological polar surface area (TPSA) is 127 Å². The molecular weight excluding hydrogens is 435 g/mol. The molecule has 0 fully saturated rings. The van der Waals surface area contributed by atoms with Gasteiger partial charge in [-0.25, -0.2) is 14.1 Å². The van der Waals surface area contributed by atoms with Crippen LogP contribution < -0.4 is 0 Å². The molecule has 0 unspecified atom stereocenters. The van der Waals surface area contributed by atoms with Crippen molar-refractivity contribution in [2.45, 2.75) is 19.8 Å². The third kappa shape index (κ3) is 5.37. The number of aryl methyl sites for hydroxylation is 1. The minimum Gasteiger partial charge on any atom is -0.506 e. The van der Waals surface area contributed by atoms with Crippen LogP contribution in [0.15, 0.2) is 24.4 Å². The lowest BCUT2D eigenvalue weighted by Crippen LogP contribution is -2.10. The van der Waals surface area contributed by atoms with Gasteiger partial charge in [-0.3, -0.25) is 4.18 Å². The third-order valence-corrected chi connectivity index (χ3v) is 6.42. The van der Waals surface area contributed by atoms with Gasteiger partial charge in [-0.1, -0.05) is 0 Å². The Morgan fingerprint density at radius 1 is 1.23 bits per heavy atom. The molecule has 2 aromatic heterocycles. The summed E-state index contributed by atoms with van der Waals surface area (Å²) in [4.78, 5) is 8.50. The van der Waals surface area contributed by atoms with Crippen molar-refractivity contribution in [3.05, 3.63) is 36.0 Å². The number of benzene rings is 1. The lowest BCUT2D eigenvalue weighted by molar-refractivity contribution is 0.342. The summed E-state index contributed by atoms with van der Waals surface area (Å²) in [5.74, 6) is 0.510. The first-order valence-corrected chi connectivity index (χ1v) is 11.9. The molecular formula is C18H21FN4O5S2. The molecule has 3 aromatic rings. The van der Waals surface area contributed by atoms with Gasteiger partial charge in [0.2, 0.25) is 5.88 Å². The second-order valence-corrected chi connectivity index (χ2v) is 9.43. The van der Waals surface area contributed by atoms with Gasteiger partial charge in [0.25, 0.3) is 10.1 Å². The largest absolute Gasteiger partial charge is 0.506 e. The van der Waals surface area contributed by atoms with Gasteiger partial charge in [0.1, 0.15) is 28.5 Å². The van der Waals surface area contributed by atoms with Gasteiger partial charge in [0.05, 0.1) is 18.6 Å². The fourth-order valence-electron chi connectivity index (χ4n) is 2.64. The second-order valence-electron chi connectivity index (χ2n) is 6.27. The number of aromatic nitrogens is 4. The van der Waals surface area contributed by atoms with Crippen LogP contribution in [0.5, 0.6) is 11.6 Å². The molecule has 1 aromatic carbocycles. The van der Waals surface area contributed by atoms with Crippen molar-refractivity contribution in [1.29, 1.82) is 0 Å². The molecule has 0 saturated carbocycles. The first-order chi connectivity index (χ1) is 14.3. The smallest absolute Gasteiger partial charge is 0.267 e. The zero-order valence-electron chi connectivity index (χ0n) is 16.2. The highest BCUT2D eigenvalue weighted by molar-refractivity contribution is 7.99. The van der Waals surface area contributed by atoms with E-state index in [2.05, 4.69) is 15.1 Å². The molecule has 0 spiro atoms. The standard InChI is InChI=1S/C18H21FN4O5S2/c1-2-30(26,27)28-7-9-29-8-3-4-16-21-17-13(18(25)22-16)11-20-23(17)14-6-5-12(19)10-15(14)24/h5-6,10-11,24H,2-4,7-9H2,1H3,(H,21,22,25). The van der Waals surface area contributed by atoms with E-state index in [4.69, 9.17) is 4.18 Å². The normalized spacial score (nSPS) is 11.9. The first-order valence-electron chi connectivity index (χ1n) is 9.18. The Morgan fingerprint density at radius 3 is 2.77 bits per heavy atom. The van der Waals surface area contributed by atoms with E-state index < -0.39 is 15.9 Å². The number of hydrogen-bond donors (Lipinski definition) is 2. The molecule has 9 nitrogen and oxygen atoms in total. The van der Waals surface area contributed by atoms with Crippen LogP contribution in [0.25, 0.3) is 16.7 Å². The van der Waals surface area contributed by atoms with Gasteiger partial charge < -0.3 is 10.2 Å². The van der Waals surface area contributed by atoms with Gasteiger partial charge in [-0.2, -0.15) is 30.3 Å². The van der Waals surface area contributed by atoms with Crippen LogP contribution in [0, 0.1) is 5.82 Å². The summed E-state index contributed by atoms with van der Waals surface area (Å²) >= 11 is 1.54. The summed E-state index contributed by atoms with van der Waals surface area (Å²) in [6, 6.07) is 3.53. The zero-order valence-corrected chi connectivity index (χ0v) is 17.8. The number of halogens is 1. The summed E-state index contributed by atoms with van der Waals surface area (Å²) in [6.07, 6.45) is 2.55. The van der Waals surface area contributed by atoms with Crippen LogP contribution >= 0.6 is 11.8 Å². The van der Waals surface area contributed by atoms with Crippen molar-refractivity contribution >= 4 is 32.9 Å². The molecule has 0 amide bonds. The van der Waals surface area contributed by atoms with E-state index in [1.165, 1.54) is 29.9 Å². The molecule has 30 heavy (non-hydrogen) atoms. The number of thioether (sulfide) groups is 1. The maximum Gasteiger partial charge on any atom is 0.267 e. The molecule has 12 heteroatoms. The Balaban J connectivity index is 1.63. The quantitative estimate of drug-likeness (QED) is 0.349. The lowest BCUT2D eigenvalue weighted by Gasteiger charge is -2.07. The average molecular weight is 457 g/mol. The van der Waals surface area contributed by atoms with Crippen LogP contribution in [0.2, 0.25) is 0 Å². The molecule has 3 rings (SSSR count). The summed E-state index contributed by atoms with van der Waals surface area (Å²) < 4.78 is 41.9. The van der Waals surface area contributed by atoms with Crippen LogP contribution in [-0.4, -0.2) is 62.2 Å². The second kappa shape index (κ2) is 9.58. The van der Waals surface area contributed by atoms with E-state index in [1.807, 2.05) is 0 Å². The summed E-state index contributed by atoms with van der Waals surface area (Å²) in [7, 11) is -3.42. The maximum atomic E-state index is 13.3. The predicted octanol–water partition coefficient (Wildman–Crippen LogP) is 2.40. The number of aromatic hydroxyl groups is 2. The monoisotopic (exact) mass is 456 g/mol. The molecule has 0 aliphatic rings. The number of nitrogens with zero attached hydrogens (tertiary/aromatic N) is 4. The average Bonchev–Trinajstić information content (AvgIpc) is 3.11. The van der Waals surface area contributed by atoms with Gasteiger partial charge >= 0.3 is 0 Å². The Hall–Kier alpha value is -2.44. The van der Waals surface area contributed by atoms with E-state index >= 15 is 0 Å². The first kappa shape index (κ1) is 22.2. The van der Waals surface area contributed by atoms with Gasteiger partial charge in [-0.15, -0.1) is 0 Å². The molecule has 162 valence electrons. The molecule has 2 heterocycles. The van der Waals surface area contributed by atoms with Crippen molar-refractivity contribution < 1.29 is 27.2 Å². The fraction of sp³-hybridized carbons (Fsp3) is 0.389. The Kier molecular flexibility index (Phi) is 7.10. The molecule has 0 bridgehead atoms. The number of phenols is 1. The van der Waals surface area contributed by atoms with Crippen LogP contribution in [-0.2, 0) is 20.7 Å². The van der Waals surface area contributed by atoms with Crippen LogP contribution in [0.1, 0.15) is 19.2 Å². The Bertz CT molecular complexity index is 1140. The molecule has 0 saturated heterocycles. The zero-order chi connectivity index (χ0) is 21.7. The van der Waals surface area contributed by atoms with E-state index in [1.54, 1.807) is 11.8 Å². The lowest BCUT2D eigenvalue weighted by atomic mass is 10.3. The van der Waals surface area contributed by atoms with E-state index in [-0.39, 0.29) is 29.7 Å². The number of rotatable bonds is 10. The summed E-state index contributed by atoms with van der Waals surface area (Å²) in [5, 5.41) is 24.6.